The molecule has 0 amide bonds. The number of nitrogens with one attached hydrogen (secondary N) is 1. The van der Waals surface area contributed by atoms with E-state index < -0.39 is 20.0 Å². The number of halogens is 2. The third-order valence-corrected chi connectivity index (χ3v) is 11.0. The van der Waals surface area contributed by atoms with Gasteiger partial charge in [0.1, 0.15) is 14.2 Å². The molecule has 0 radical (unpaired) electrons. The molecule has 188 valence electrons. The van der Waals surface area contributed by atoms with Crippen molar-refractivity contribution in [3.8, 4) is 0 Å². The molecule has 1 N–H and O–H groups in total. The molecule has 1 fully saturated rings. The number of sulfonamides is 2. The molecular formula is C22H24ClFN4O4S3. The lowest BCUT2D eigenvalue weighted by Gasteiger charge is -2.38. The van der Waals surface area contributed by atoms with Crippen LogP contribution in [0.5, 0.6) is 0 Å². The summed E-state index contributed by atoms with van der Waals surface area (Å²) in [7, 11) is -4.98. The monoisotopic (exact) mass is 558 g/mol. The Bertz CT molecular complexity index is 1440. The molecule has 0 aliphatic carbocycles. The Morgan fingerprint density at radius 3 is 2.11 bits per heavy atom. The smallest absolute Gasteiger partial charge is 0.271 e. The lowest BCUT2D eigenvalue weighted by Crippen LogP contribution is -2.47. The minimum absolute atomic E-state index is 0.0540. The van der Waals surface area contributed by atoms with Gasteiger partial charge in [0.25, 0.3) is 20.0 Å². The second-order valence-electron chi connectivity index (χ2n) is 8.05. The number of rotatable bonds is 7. The van der Waals surface area contributed by atoms with Crippen LogP contribution in [0.3, 0.4) is 0 Å². The topological polar surface area (TPSA) is 90.0 Å². The van der Waals surface area contributed by atoms with Crippen LogP contribution < -0.4 is 14.5 Å². The number of piperazine rings is 1. The van der Waals surface area contributed by atoms with Crippen molar-refractivity contribution in [2.75, 3.05) is 54.8 Å². The lowest BCUT2D eigenvalue weighted by atomic mass is 10.2. The van der Waals surface area contributed by atoms with E-state index in [1.807, 2.05) is 21.9 Å². The van der Waals surface area contributed by atoms with Gasteiger partial charge in [-0.3, -0.25) is 4.72 Å². The quantitative estimate of drug-likeness (QED) is 0.473. The van der Waals surface area contributed by atoms with Crippen LogP contribution in [-0.4, -0.2) is 61.4 Å². The summed E-state index contributed by atoms with van der Waals surface area (Å²) in [5, 5.41) is 0.336. The van der Waals surface area contributed by atoms with Gasteiger partial charge in [-0.1, -0.05) is 23.7 Å². The summed E-state index contributed by atoms with van der Waals surface area (Å²) >= 11 is 6.55. The first-order chi connectivity index (χ1) is 16.5. The number of thiophene rings is 1. The number of para-hydroxylation sites is 2. The number of nitrogens with zero attached hydrogens (tertiary/aromatic N) is 3. The predicted octanol–water partition coefficient (Wildman–Crippen LogP) is 3.92. The molecule has 0 atom stereocenters. The molecule has 0 spiro atoms. The molecule has 2 aromatic carbocycles. The van der Waals surface area contributed by atoms with Gasteiger partial charge in [0.15, 0.2) is 0 Å². The molecule has 0 unspecified atom stereocenters. The Labute approximate surface area is 213 Å². The van der Waals surface area contributed by atoms with Gasteiger partial charge in [-0.15, -0.1) is 11.3 Å². The fourth-order valence-electron chi connectivity index (χ4n) is 3.72. The van der Waals surface area contributed by atoms with E-state index >= 15 is 0 Å². The first-order valence-electron chi connectivity index (χ1n) is 10.6. The highest BCUT2D eigenvalue weighted by Gasteiger charge is 2.26. The van der Waals surface area contributed by atoms with Crippen LogP contribution in [0.2, 0.25) is 5.02 Å². The molecule has 13 heteroatoms. The van der Waals surface area contributed by atoms with E-state index in [0.29, 0.717) is 59.6 Å². The lowest BCUT2D eigenvalue weighted by molar-refractivity contribution is 0.523. The highest BCUT2D eigenvalue weighted by Crippen LogP contribution is 2.33. The van der Waals surface area contributed by atoms with Crippen LogP contribution in [0.4, 0.5) is 21.5 Å². The van der Waals surface area contributed by atoms with Crippen LogP contribution in [0.25, 0.3) is 0 Å². The molecule has 3 aromatic rings. The van der Waals surface area contributed by atoms with Crippen molar-refractivity contribution in [1.29, 1.82) is 0 Å². The van der Waals surface area contributed by atoms with Gasteiger partial charge in [-0.25, -0.2) is 25.5 Å². The predicted molar refractivity (Wildman–Crippen MR) is 138 cm³/mol. The summed E-state index contributed by atoms with van der Waals surface area (Å²) < 4.78 is 68.6. The van der Waals surface area contributed by atoms with E-state index in [0.717, 1.165) is 4.31 Å². The number of benzene rings is 2. The van der Waals surface area contributed by atoms with Gasteiger partial charge in [0, 0.05) is 45.3 Å². The van der Waals surface area contributed by atoms with E-state index in [4.69, 9.17) is 11.6 Å². The van der Waals surface area contributed by atoms with Crippen molar-refractivity contribution in [2.24, 2.45) is 0 Å². The van der Waals surface area contributed by atoms with Gasteiger partial charge in [-0.2, -0.15) is 0 Å². The summed E-state index contributed by atoms with van der Waals surface area (Å²) in [6.07, 6.45) is 0. The van der Waals surface area contributed by atoms with Gasteiger partial charge >= 0.3 is 0 Å². The molecule has 8 nitrogen and oxygen atoms in total. The zero-order valence-electron chi connectivity index (χ0n) is 19.0. The summed E-state index contributed by atoms with van der Waals surface area (Å²) in [4.78, 5) is 3.95. The van der Waals surface area contributed by atoms with Gasteiger partial charge in [0.05, 0.1) is 17.1 Å². The van der Waals surface area contributed by atoms with Crippen molar-refractivity contribution in [1.82, 2.24) is 4.31 Å². The second-order valence-corrected chi connectivity index (χ2v) is 13.9. The standard InChI is InChI=1S/C22H24ClFN4O4S3/c1-26(2)35(31,32)22-10-9-21(33-22)34(29,30)25-18-5-3-4-6-20(18)28-13-11-27(12-14-28)19-8-7-16(23)15-17(19)24/h3-10,15,25H,11-14H2,1-2H3. The molecular weight excluding hydrogens is 535 g/mol. The van der Waals surface area contributed by atoms with Crippen molar-refractivity contribution in [3.05, 3.63) is 65.4 Å². The fraction of sp³-hybridized carbons (Fsp3) is 0.273. The van der Waals surface area contributed by atoms with Crippen LogP contribution in [0, 0.1) is 5.82 Å². The zero-order chi connectivity index (χ0) is 25.4. The molecule has 1 saturated heterocycles. The molecule has 35 heavy (non-hydrogen) atoms. The van der Waals surface area contributed by atoms with E-state index in [1.165, 1.54) is 32.3 Å². The van der Waals surface area contributed by atoms with Crippen molar-refractivity contribution >= 4 is 60.0 Å². The number of hydrogen-bond donors (Lipinski definition) is 1. The third kappa shape index (κ3) is 5.41. The maximum Gasteiger partial charge on any atom is 0.271 e. The molecule has 2 heterocycles. The van der Waals surface area contributed by atoms with E-state index in [1.54, 1.807) is 24.3 Å². The van der Waals surface area contributed by atoms with Gasteiger partial charge in [-0.05, 0) is 42.5 Å². The Balaban J connectivity index is 1.52. The Morgan fingerprint density at radius 1 is 0.886 bits per heavy atom. The van der Waals surface area contributed by atoms with Crippen molar-refractivity contribution < 1.29 is 21.2 Å². The van der Waals surface area contributed by atoms with Gasteiger partial charge < -0.3 is 9.80 Å². The molecule has 0 bridgehead atoms. The third-order valence-electron chi connectivity index (χ3n) is 5.58. The normalized spacial score (nSPS) is 15.0. The average molecular weight is 559 g/mol. The molecule has 1 aromatic heterocycles. The van der Waals surface area contributed by atoms with Crippen LogP contribution in [0.15, 0.2) is 63.0 Å². The zero-order valence-corrected chi connectivity index (χ0v) is 22.2. The maximum atomic E-state index is 14.3. The van der Waals surface area contributed by atoms with Crippen LogP contribution in [-0.2, 0) is 20.0 Å². The Hall–Kier alpha value is -2.38. The largest absolute Gasteiger partial charge is 0.366 e. The second kappa shape index (κ2) is 9.94. The van der Waals surface area contributed by atoms with Crippen molar-refractivity contribution in [2.45, 2.75) is 8.42 Å². The SMILES string of the molecule is CN(C)S(=O)(=O)c1ccc(S(=O)(=O)Nc2ccccc2N2CCN(c3ccc(Cl)cc3F)CC2)s1. The summed E-state index contributed by atoms with van der Waals surface area (Å²) in [5.41, 5.74) is 1.54. The van der Waals surface area contributed by atoms with E-state index in [-0.39, 0.29) is 14.2 Å². The van der Waals surface area contributed by atoms with Crippen molar-refractivity contribution in [3.63, 3.8) is 0 Å². The first-order valence-corrected chi connectivity index (χ1v) is 14.7. The average Bonchev–Trinajstić information content (AvgIpc) is 3.32. The first kappa shape index (κ1) is 25.7. The van der Waals surface area contributed by atoms with E-state index in [9.17, 15) is 21.2 Å². The summed E-state index contributed by atoms with van der Waals surface area (Å²) in [6, 6.07) is 14.2. The fourth-order valence-corrected chi connectivity index (χ4v) is 7.89. The van der Waals surface area contributed by atoms with Crippen LogP contribution >= 0.6 is 22.9 Å². The minimum atomic E-state index is -4.02. The molecule has 1 aliphatic heterocycles. The maximum absolute atomic E-state index is 14.3. The minimum Gasteiger partial charge on any atom is -0.366 e. The summed E-state index contributed by atoms with van der Waals surface area (Å²) in [6.45, 7) is 2.17. The van der Waals surface area contributed by atoms with Gasteiger partial charge in [0.2, 0.25) is 0 Å². The number of hydrogen-bond acceptors (Lipinski definition) is 7. The molecule has 0 saturated carbocycles. The highest BCUT2D eigenvalue weighted by molar-refractivity contribution is 7.96. The Morgan fingerprint density at radius 2 is 1.49 bits per heavy atom. The Kier molecular flexibility index (Phi) is 7.30. The molecule has 1 aliphatic rings. The van der Waals surface area contributed by atoms with Crippen LogP contribution in [0.1, 0.15) is 0 Å². The van der Waals surface area contributed by atoms with E-state index in [2.05, 4.69) is 4.72 Å². The highest BCUT2D eigenvalue weighted by atomic mass is 35.5. The summed E-state index contributed by atoms with van der Waals surface area (Å²) in [5.74, 6) is -0.384. The number of anilines is 3. The molecule has 4 rings (SSSR count).